The van der Waals surface area contributed by atoms with Crippen LogP contribution in [0.4, 0.5) is 0 Å². The number of H-pyrrole nitrogens is 1. The summed E-state index contributed by atoms with van der Waals surface area (Å²) in [6.07, 6.45) is 2.20. The highest BCUT2D eigenvalue weighted by molar-refractivity contribution is 5.84. The van der Waals surface area contributed by atoms with E-state index in [0.29, 0.717) is 19.5 Å². The van der Waals surface area contributed by atoms with Crippen molar-refractivity contribution in [2.45, 2.75) is 19.9 Å². The van der Waals surface area contributed by atoms with E-state index in [1.165, 1.54) is 6.92 Å². The first-order chi connectivity index (χ1) is 9.16. The second-order valence-corrected chi connectivity index (χ2v) is 4.37. The average molecular weight is 259 g/mol. The molecule has 0 saturated heterocycles. The van der Waals surface area contributed by atoms with Gasteiger partial charge in [0.1, 0.15) is 0 Å². The number of aromatic amines is 1. The molecule has 0 saturated carbocycles. The predicted molar refractivity (Wildman–Crippen MR) is 73.4 cm³/mol. The predicted octanol–water partition coefficient (Wildman–Crippen LogP) is 1.31. The van der Waals surface area contributed by atoms with E-state index in [1.807, 2.05) is 30.5 Å². The SMILES string of the molecule is CC(=O)NCCC(=O)NCc1c[nH]c2ccccc12. The van der Waals surface area contributed by atoms with E-state index in [9.17, 15) is 9.59 Å². The van der Waals surface area contributed by atoms with Crippen molar-refractivity contribution < 1.29 is 9.59 Å². The van der Waals surface area contributed by atoms with Gasteiger partial charge in [0, 0.05) is 43.5 Å². The molecule has 0 atom stereocenters. The molecule has 1 aromatic heterocycles. The van der Waals surface area contributed by atoms with E-state index in [1.54, 1.807) is 0 Å². The molecular formula is C14H17N3O2. The van der Waals surface area contributed by atoms with Crippen molar-refractivity contribution in [1.82, 2.24) is 15.6 Å². The molecule has 0 aliphatic heterocycles. The number of amides is 2. The van der Waals surface area contributed by atoms with Gasteiger partial charge in [-0.25, -0.2) is 0 Å². The maximum atomic E-state index is 11.6. The van der Waals surface area contributed by atoms with Crippen LogP contribution < -0.4 is 10.6 Å². The topological polar surface area (TPSA) is 74.0 Å². The number of carbonyl (C=O) groups excluding carboxylic acids is 2. The van der Waals surface area contributed by atoms with Gasteiger partial charge in [0.2, 0.25) is 11.8 Å². The Balaban J connectivity index is 1.85. The van der Waals surface area contributed by atoms with Crippen molar-refractivity contribution in [3.05, 3.63) is 36.0 Å². The van der Waals surface area contributed by atoms with Gasteiger partial charge in [0.25, 0.3) is 0 Å². The Bertz CT molecular complexity index is 589. The summed E-state index contributed by atoms with van der Waals surface area (Å²) >= 11 is 0. The summed E-state index contributed by atoms with van der Waals surface area (Å²) in [5.74, 6) is -0.191. The Morgan fingerprint density at radius 3 is 2.79 bits per heavy atom. The van der Waals surface area contributed by atoms with Crippen LogP contribution in [0.2, 0.25) is 0 Å². The molecular weight excluding hydrogens is 242 g/mol. The van der Waals surface area contributed by atoms with Crippen molar-refractivity contribution in [1.29, 1.82) is 0 Å². The van der Waals surface area contributed by atoms with E-state index in [0.717, 1.165) is 16.5 Å². The average Bonchev–Trinajstić information content (AvgIpc) is 2.79. The number of aromatic nitrogens is 1. The second-order valence-electron chi connectivity index (χ2n) is 4.37. The zero-order valence-electron chi connectivity index (χ0n) is 10.8. The molecule has 0 bridgehead atoms. The smallest absolute Gasteiger partial charge is 0.222 e. The third-order valence-corrected chi connectivity index (χ3v) is 2.88. The van der Waals surface area contributed by atoms with Gasteiger partial charge in [-0.2, -0.15) is 0 Å². The summed E-state index contributed by atoms with van der Waals surface area (Å²) in [4.78, 5) is 25.4. The quantitative estimate of drug-likeness (QED) is 0.757. The first-order valence-corrected chi connectivity index (χ1v) is 6.23. The first kappa shape index (κ1) is 13.1. The molecule has 0 unspecified atom stereocenters. The van der Waals surface area contributed by atoms with Gasteiger partial charge in [-0.3, -0.25) is 9.59 Å². The number of hydrogen-bond acceptors (Lipinski definition) is 2. The fourth-order valence-electron chi connectivity index (χ4n) is 1.91. The number of para-hydroxylation sites is 1. The lowest BCUT2D eigenvalue weighted by atomic mass is 10.2. The minimum Gasteiger partial charge on any atom is -0.361 e. The maximum absolute atomic E-state index is 11.6. The van der Waals surface area contributed by atoms with E-state index in [-0.39, 0.29) is 11.8 Å². The molecule has 2 aromatic rings. The van der Waals surface area contributed by atoms with Crippen LogP contribution in [0.15, 0.2) is 30.5 Å². The van der Waals surface area contributed by atoms with Gasteiger partial charge in [-0.05, 0) is 11.6 Å². The highest BCUT2D eigenvalue weighted by Crippen LogP contribution is 2.17. The Morgan fingerprint density at radius 1 is 1.21 bits per heavy atom. The van der Waals surface area contributed by atoms with Crippen LogP contribution in [0.1, 0.15) is 18.9 Å². The Kier molecular flexibility index (Phi) is 4.18. The molecule has 3 N–H and O–H groups in total. The zero-order valence-corrected chi connectivity index (χ0v) is 10.8. The molecule has 0 radical (unpaired) electrons. The van der Waals surface area contributed by atoms with Gasteiger partial charge in [0.15, 0.2) is 0 Å². The fourth-order valence-corrected chi connectivity index (χ4v) is 1.91. The number of fused-ring (bicyclic) bond motifs is 1. The van der Waals surface area contributed by atoms with Crippen molar-refractivity contribution in [3.63, 3.8) is 0 Å². The van der Waals surface area contributed by atoms with Gasteiger partial charge < -0.3 is 15.6 Å². The summed E-state index contributed by atoms with van der Waals surface area (Å²) in [5, 5.41) is 6.55. The summed E-state index contributed by atoms with van der Waals surface area (Å²) in [5.41, 5.74) is 2.12. The molecule has 5 heteroatoms. The Hall–Kier alpha value is -2.30. The number of hydrogen-bond donors (Lipinski definition) is 3. The van der Waals surface area contributed by atoms with E-state index in [2.05, 4.69) is 15.6 Å². The van der Waals surface area contributed by atoms with Gasteiger partial charge in [0.05, 0.1) is 0 Å². The molecule has 1 aromatic carbocycles. The normalized spacial score (nSPS) is 10.4. The lowest BCUT2D eigenvalue weighted by Gasteiger charge is -2.05. The monoisotopic (exact) mass is 259 g/mol. The first-order valence-electron chi connectivity index (χ1n) is 6.23. The highest BCUT2D eigenvalue weighted by atomic mass is 16.2. The summed E-state index contributed by atoms with van der Waals surface area (Å²) < 4.78 is 0. The summed E-state index contributed by atoms with van der Waals surface area (Å²) in [7, 11) is 0. The van der Waals surface area contributed by atoms with Crippen molar-refractivity contribution >= 4 is 22.7 Å². The highest BCUT2D eigenvalue weighted by Gasteiger charge is 2.05. The van der Waals surface area contributed by atoms with Crippen LogP contribution in [-0.2, 0) is 16.1 Å². The number of nitrogens with one attached hydrogen (secondary N) is 3. The molecule has 2 amide bonds. The lowest BCUT2D eigenvalue weighted by molar-refractivity contribution is -0.121. The Labute approximate surface area is 111 Å². The molecule has 2 rings (SSSR count). The van der Waals surface area contributed by atoms with Crippen LogP contribution in [0.25, 0.3) is 10.9 Å². The molecule has 0 aliphatic rings. The fraction of sp³-hybridized carbons (Fsp3) is 0.286. The van der Waals surface area contributed by atoms with Gasteiger partial charge in [-0.15, -0.1) is 0 Å². The van der Waals surface area contributed by atoms with E-state index >= 15 is 0 Å². The van der Waals surface area contributed by atoms with Crippen molar-refractivity contribution in [2.75, 3.05) is 6.54 Å². The molecule has 100 valence electrons. The zero-order chi connectivity index (χ0) is 13.7. The van der Waals surface area contributed by atoms with Crippen LogP contribution in [0, 0.1) is 0 Å². The maximum Gasteiger partial charge on any atom is 0.222 e. The van der Waals surface area contributed by atoms with Crippen molar-refractivity contribution in [3.8, 4) is 0 Å². The minimum atomic E-state index is -0.121. The summed E-state index contributed by atoms with van der Waals surface area (Å²) in [6, 6.07) is 7.95. The summed E-state index contributed by atoms with van der Waals surface area (Å²) in [6.45, 7) is 2.29. The molecule has 0 fully saturated rings. The Morgan fingerprint density at radius 2 is 2.00 bits per heavy atom. The molecule has 19 heavy (non-hydrogen) atoms. The lowest BCUT2D eigenvalue weighted by Crippen LogP contribution is -2.29. The molecule has 5 nitrogen and oxygen atoms in total. The molecule has 0 spiro atoms. The number of rotatable bonds is 5. The number of carbonyl (C=O) groups is 2. The van der Waals surface area contributed by atoms with Gasteiger partial charge in [-0.1, -0.05) is 18.2 Å². The van der Waals surface area contributed by atoms with E-state index in [4.69, 9.17) is 0 Å². The van der Waals surface area contributed by atoms with Gasteiger partial charge >= 0.3 is 0 Å². The standard InChI is InChI=1S/C14H17N3O2/c1-10(18)15-7-6-14(19)17-9-11-8-16-13-5-3-2-4-12(11)13/h2-5,8,16H,6-7,9H2,1H3,(H,15,18)(H,17,19). The number of benzene rings is 1. The van der Waals surface area contributed by atoms with Crippen LogP contribution in [0.3, 0.4) is 0 Å². The van der Waals surface area contributed by atoms with Crippen molar-refractivity contribution in [2.24, 2.45) is 0 Å². The third-order valence-electron chi connectivity index (χ3n) is 2.88. The van der Waals surface area contributed by atoms with E-state index < -0.39 is 0 Å². The van der Waals surface area contributed by atoms with Crippen LogP contribution in [0.5, 0.6) is 0 Å². The van der Waals surface area contributed by atoms with Crippen LogP contribution >= 0.6 is 0 Å². The molecule has 1 heterocycles. The molecule has 0 aliphatic carbocycles. The largest absolute Gasteiger partial charge is 0.361 e. The minimum absolute atomic E-state index is 0.0703. The second kappa shape index (κ2) is 6.04. The van der Waals surface area contributed by atoms with Crippen LogP contribution in [-0.4, -0.2) is 23.3 Å². The third kappa shape index (κ3) is 3.58.